The van der Waals surface area contributed by atoms with Crippen molar-refractivity contribution in [2.24, 2.45) is 4.99 Å². The van der Waals surface area contributed by atoms with Crippen LogP contribution in [0.15, 0.2) is 40.0 Å². The summed E-state index contributed by atoms with van der Waals surface area (Å²) in [6.07, 6.45) is 3.71. The van der Waals surface area contributed by atoms with Crippen LogP contribution in [-0.4, -0.2) is 27.6 Å². The van der Waals surface area contributed by atoms with Crippen LogP contribution in [0.2, 0.25) is 0 Å². The lowest BCUT2D eigenvalue weighted by Crippen LogP contribution is -2.36. The lowest BCUT2D eigenvalue weighted by Gasteiger charge is -2.10. The highest BCUT2D eigenvalue weighted by atomic mass is 127. The summed E-state index contributed by atoms with van der Waals surface area (Å²) < 4.78 is 5.38. The van der Waals surface area contributed by atoms with Gasteiger partial charge in [0.2, 0.25) is 0 Å². The van der Waals surface area contributed by atoms with Crippen LogP contribution >= 0.6 is 35.3 Å². The Bertz CT molecular complexity index is 923. The molecule has 3 rings (SSSR count). The van der Waals surface area contributed by atoms with Crippen LogP contribution < -0.4 is 10.6 Å². The molecule has 1 aromatic carbocycles. The van der Waals surface area contributed by atoms with Crippen LogP contribution in [-0.2, 0) is 19.5 Å². The van der Waals surface area contributed by atoms with E-state index >= 15 is 0 Å². The molecule has 2 aromatic heterocycles. The number of hydrogen-bond donors (Lipinski definition) is 2. The molecule has 0 aliphatic rings. The second kappa shape index (κ2) is 11.9. The molecule has 0 unspecified atom stereocenters. The molecule has 0 fully saturated rings. The first-order chi connectivity index (χ1) is 13.7. The van der Waals surface area contributed by atoms with Crippen molar-refractivity contribution in [3.63, 3.8) is 0 Å². The standard InChI is InChI=1S/C20H26N6OS.HI/c1-4-7-17-25-19(27-26-17)16-9-6-8-15(10-16)12-23-20(21-5-2)24-13-18-22-11-14(3)28-18;/h6,8-11H,4-5,7,12-13H2,1-3H3,(H2,21,23,24);1H. The van der Waals surface area contributed by atoms with Gasteiger partial charge in [-0.1, -0.05) is 24.2 Å². The van der Waals surface area contributed by atoms with Crippen LogP contribution in [0.4, 0.5) is 0 Å². The van der Waals surface area contributed by atoms with Crippen LogP contribution in [0.5, 0.6) is 0 Å². The fourth-order valence-corrected chi connectivity index (χ4v) is 3.38. The summed E-state index contributed by atoms with van der Waals surface area (Å²) >= 11 is 1.69. The fraction of sp³-hybridized carbons (Fsp3) is 0.400. The van der Waals surface area contributed by atoms with E-state index in [1.807, 2.05) is 30.5 Å². The van der Waals surface area contributed by atoms with Crippen molar-refractivity contribution in [3.05, 3.63) is 51.7 Å². The Morgan fingerprint density at radius 2 is 2.10 bits per heavy atom. The quantitative estimate of drug-likeness (QED) is 0.258. The third-order valence-electron chi connectivity index (χ3n) is 3.96. The van der Waals surface area contributed by atoms with Crippen molar-refractivity contribution in [2.45, 2.75) is 46.7 Å². The molecule has 9 heteroatoms. The number of thiazole rings is 1. The summed E-state index contributed by atoms with van der Waals surface area (Å²) in [5.74, 6) is 2.07. The SMILES string of the molecule is CCCc1noc(-c2cccc(CN=C(NCC)NCc3ncc(C)s3)c2)n1.I. The van der Waals surface area contributed by atoms with E-state index < -0.39 is 0 Å². The van der Waals surface area contributed by atoms with Gasteiger partial charge in [-0.15, -0.1) is 35.3 Å². The monoisotopic (exact) mass is 526 g/mol. The largest absolute Gasteiger partial charge is 0.357 e. The zero-order valence-electron chi connectivity index (χ0n) is 16.9. The predicted octanol–water partition coefficient (Wildman–Crippen LogP) is 4.33. The molecule has 0 bridgehead atoms. The number of aliphatic imine (C=N–C) groups is 1. The van der Waals surface area contributed by atoms with E-state index in [2.05, 4.69) is 51.5 Å². The molecule has 2 N–H and O–H groups in total. The van der Waals surface area contributed by atoms with Gasteiger partial charge in [0.05, 0.1) is 13.1 Å². The summed E-state index contributed by atoms with van der Waals surface area (Å²) in [7, 11) is 0. The third-order valence-corrected chi connectivity index (χ3v) is 4.87. The third kappa shape index (κ3) is 7.07. The number of hydrogen-bond acceptors (Lipinski definition) is 6. The number of benzene rings is 1. The molecule has 156 valence electrons. The second-order valence-electron chi connectivity index (χ2n) is 6.38. The van der Waals surface area contributed by atoms with Gasteiger partial charge in [-0.25, -0.2) is 9.98 Å². The Morgan fingerprint density at radius 1 is 1.24 bits per heavy atom. The van der Waals surface area contributed by atoms with Crippen molar-refractivity contribution < 1.29 is 4.52 Å². The fourth-order valence-electron chi connectivity index (χ4n) is 2.65. The topological polar surface area (TPSA) is 88.2 Å². The first kappa shape index (κ1) is 23.3. The van der Waals surface area contributed by atoms with Gasteiger partial charge in [0.1, 0.15) is 5.01 Å². The second-order valence-corrected chi connectivity index (χ2v) is 7.70. The van der Waals surface area contributed by atoms with Crippen molar-refractivity contribution in [1.82, 2.24) is 25.8 Å². The molecular formula is C20H27IN6OS. The van der Waals surface area contributed by atoms with E-state index in [1.54, 1.807) is 11.3 Å². The minimum Gasteiger partial charge on any atom is -0.357 e. The molecule has 0 spiro atoms. The lowest BCUT2D eigenvalue weighted by atomic mass is 10.1. The smallest absolute Gasteiger partial charge is 0.257 e. The average Bonchev–Trinajstić information content (AvgIpc) is 3.34. The highest BCUT2D eigenvalue weighted by molar-refractivity contribution is 14.0. The number of aryl methyl sites for hydroxylation is 2. The Balaban J connectivity index is 0.00000300. The van der Waals surface area contributed by atoms with E-state index in [0.717, 1.165) is 47.3 Å². The Kier molecular flexibility index (Phi) is 9.52. The van der Waals surface area contributed by atoms with E-state index in [0.29, 0.717) is 19.0 Å². The van der Waals surface area contributed by atoms with Gasteiger partial charge in [-0.3, -0.25) is 0 Å². The predicted molar refractivity (Wildman–Crippen MR) is 128 cm³/mol. The number of guanidine groups is 1. The van der Waals surface area contributed by atoms with Crippen LogP contribution in [0.25, 0.3) is 11.5 Å². The Morgan fingerprint density at radius 3 is 2.83 bits per heavy atom. The maximum atomic E-state index is 5.38. The molecule has 0 aliphatic heterocycles. The maximum absolute atomic E-state index is 5.38. The summed E-state index contributed by atoms with van der Waals surface area (Å²) in [5.41, 5.74) is 1.99. The van der Waals surface area contributed by atoms with Gasteiger partial charge in [0.25, 0.3) is 5.89 Å². The molecule has 7 nitrogen and oxygen atoms in total. The van der Waals surface area contributed by atoms with Crippen LogP contribution in [0.1, 0.15) is 41.5 Å². The van der Waals surface area contributed by atoms with E-state index in [9.17, 15) is 0 Å². The summed E-state index contributed by atoms with van der Waals surface area (Å²) in [5, 5.41) is 11.7. The van der Waals surface area contributed by atoms with Crippen LogP contribution in [0, 0.1) is 6.92 Å². The highest BCUT2D eigenvalue weighted by Gasteiger charge is 2.09. The molecule has 0 aliphatic carbocycles. The first-order valence-electron chi connectivity index (χ1n) is 9.53. The molecule has 2 heterocycles. The molecule has 0 saturated heterocycles. The number of nitrogens with zero attached hydrogens (tertiary/aromatic N) is 4. The molecule has 0 atom stereocenters. The normalized spacial score (nSPS) is 11.2. The molecule has 0 saturated carbocycles. The van der Waals surface area contributed by atoms with E-state index in [1.165, 1.54) is 4.88 Å². The van der Waals surface area contributed by atoms with Gasteiger partial charge in [0, 0.05) is 29.6 Å². The van der Waals surface area contributed by atoms with Crippen LogP contribution in [0.3, 0.4) is 0 Å². The summed E-state index contributed by atoms with van der Waals surface area (Å²) in [6, 6.07) is 8.05. The molecule has 29 heavy (non-hydrogen) atoms. The van der Waals surface area contributed by atoms with Crippen molar-refractivity contribution in [3.8, 4) is 11.5 Å². The first-order valence-corrected chi connectivity index (χ1v) is 10.3. The number of rotatable bonds is 8. The average molecular weight is 526 g/mol. The molecule has 0 amide bonds. The van der Waals surface area contributed by atoms with E-state index in [4.69, 9.17) is 4.52 Å². The van der Waals surface area contributed by atoms with Gasteiger partial charge in [-0.2, -0.15) is 4.98 Å². The van der Waals surface area contributed by atoms with Gasteiger partial charge in [0.15, 0.2) is 11.8 Å². The molecular weight excluding hydrogens is 499 g/mol. The number of halogens is 1. The molecule has 0 radical (unpaired) electrons. The Hall–Kier alpha value is -2.01. The zero-order chi connectivity index (χ0) is 19.8. The number of nitrogens with one attached hydrogen (secondary N) is 2. The van der Waals surface area contributed by atoms with Crippen molar-refractivity contribution in [1.29, 1.82) is 0 Å². The highest BCUT2D eigenvalue weighted by Crippen LogP contribution is 2.19. The Labute approximate surface area is 192 Å². The van der Waals surface area contributed by atoms with E-state index in [-0.39, 0.29) is 24.0 Å². The maximum Gasteiger partial charge on any atom is 0.257 e. The minimum absolute atomic E-state index is 0. The molecule has 3 aromatic rings. The summed E-state index contributed by atoms with van der Waals surface area (Å²) in [4.78, 5) is 14.7. The lowest BCUT2D eigenvalue weighted by molar-refractivity contribution is 0.422. The van der Waals surface area contributed by atoms with Gasteiger partial charge < -0.3 is 15.2 Å². The van der Waals surface area contributed by atoms with Gasteiger partial charge in [-0.05, 0) is 38.0 Å². The summed E-state index contributed by atoms with van der Waals surface area (Å²) in [6.45, 7) is 8.21. The van der Waals surface area contributed by atoms with Crippen molar-refractivity contribution >= 4 is 41.3 Å². The van der Waals surface area contributed by atoms with Gasteiger partial charge >= 0.3 is 0 Å². The zero-order valence-corrected chi connectivity index (χ0v) is 20.1. The minimum atomic E-state index is 0. The number of aromatic nitrogens is 3. The van der Waals surface area contributed by atoms with Crippen molar-refractivity contribution in [2.75, 3.05) is 6.54 Å².